The van der Waals surface area contributed by atoms with Gasteiger partial charge in [0, 0.05) is 15.5 Å². The van der Waals surface area contributed by atoms with Gasteiger partial charge in [0.25, 0.3) is 0 Å². The summed E-state index contributed by atoms with van der Waals surface area (Å²) in [4.78, 5) is 2.72. The third kappa shape index (κ3) is 3.28. The van der Waals surface area contributed by atoms with Crippen LogP contribution < -0.4 is 11.6 Å². The van der Waals surface area contributed by atoms with Crippen LogP contribution in [-0.2, 0) is 12.2 Å². The molecule has 1 aromatic rings. The minimum absolute atomic E-state index is 0.437. The standard InChI is InChI=1S/C8H13N3S2/c1-2-6-3-4-7(13-6)5-12-8(9)11-10/h3-4H,2,5,10H2,1H3,(H2,9,11). The van der Waals surface area contributed by atoms with E-state index in [1.165, 1.54) is 21.5 Å². The molecular formula is C8H13N3S2. The smallest absolute Gasteiger partial charge is 0.177 e. The summed E-state index contributed by atoms with van der Waals surface area (Å²) in [5.41, 5.74) is 5.45. The summed E-state index contributed by atoms with van der Waals surface area (Å²) in [5.74, 6) is 5.87. The fraction of sp³-hybridized carbons (Fsp3) is 0.375. The van der Waals surface area contributed by atoms with Crippen molar-refractivity contribution < 1.29 is 0 Å². The maximum absolute atomic E-state index is 5.45. The molecule has 0 aliphatic heterocycles. The molecule has 0 aromatic carbocycles. The second kappa shape index (κ2) is 5.14. The molecule has 0 radical (unpaired) electrons. The van der Waals surface area contributed by atoms with Crippen molar-refractivity contribution in [2.24, 2.45) is 16.7 Å². The van der Waals surface area contributed by atoms with Gasteiger partial charge in [-0.2, -0.15) is 5.10 Å². The van der Waals surface area contributed by atoms with E-state index in [9.17, 15) is 0 Å². The Hall–Kier alpha value is -0.680. The van der Waals surface area contributed by atoms with E-state index in [1.807, 2.05) is 11.3 Å². The number of hydrazone groups is 1. The van der Waals surface area contributed by atoms with Gasteiger partial charge in [-0.15, -0.1) is 11.3 Å². The predicted molar refractivity (Wildman–Crippen MR) is 60.8 cm³/mol. The highest BCUT2D eigenvalue weighted by atomic mass is 32.2. The van der Waals surface area contributed by atoms with Gasteiger partial charge in [-0.05, 0) is 18.6 Å². The Bertz CT molecular complexity index is 293. The molecule has 0 bridgehead atoms. The number of nitrogens with zero attached hydrogens (tertiary/aromatic N) is 1. The molecule has 3 nitrogen and oxygen atoms in total. The highest BCUT2D eigenvalue weighted by Gasteiger charge is 2.00. The Morgan fingerprint density at radius 1 is 1.54 bits per heavy atom. The fourth-order valence-corrected chi connectivity index (χ4v) is 2.50. The van der Waals surface area contributed by atoms with Gasteiger partial charge in [0.2, 0.25) is 0 Å². The lowest BCUT2D eigenvalue weighted by Gasteiger charge is -1.95. The number of aryl methyl sites for hydroxylation is 1. The van der Waals surface area contributed by atoms with Crippen LogP contribution in [0.25, 0.3) is 0 Å². The number of rotatable bonds is 3. The van der Waals surface area contributed by atoms with Crippen molar-refractivity contribution in [1.82, 2.24) is 0 Å². The van der Waals surface area contributed by atoms with Crippen LogP contribution in [0.5, 0.6) is 0 Å². The first-order chi connectivity index (χ1) is 6.26. The molecule has 0 aliphatic rings. The van der Waals surface area contributed by atoms with Gasteiger partial charge in [-0.25, -0.2) is 0 Å². The summed E-state index contributed by atoms with van der Waals surface area (Å²) >= 11 is 3.28. The third-order valence-electron chi connectivity index (χ3n) is 1.56. The SMILES string of the molecule is CCc1ccc(CSC(N)=NN)s1. The monoisotopic (exact) mass is 215 g/mol. The maximum atomic E-state index is 5.45. The number of hydrogen-bond donors (Lipinski definition) is 2. The van der Waals surface area contributed by atoms with Crippen LogP contribution in [0.3, 0.4) is 0 Å². The van der Waals surface area contributed by atoms with Crippen molar-refractivity contribution in [3.05, 3.63) is 21.9 Å². The van der Waals surface area contributed by atoms with Crippen LogP contribution in [-0.4, -0.2) is 5.17 Å². The van der Waals surface area contributed by atoms with E-state index in [0.717, 1.165) is 12.2 Å². The highest BCUT2D eigenvalue weighted by molar-refractivity contribution is 8.13. The average Bonchev–Trinajstić information content (AvgIpc) is 2.61. The molecule has 0 fully saturated rings. The molecule has 0 saturated heterocycles. The van der Waals surface area contributed by atoms with Gasteiger partial charge in [0.05, 0.1) is 0 Å². The molecule has 13 heavy (non-hydrogen) atoms. The van der Waals surface area contributed by atoms with Crippen molar-refractivity contribution in [3.8, 4) is 0 Å². The predicted octanol–water partition coefficient (Wildman–Crippen LogP) is 1.73. The zero-order valence-corrected chi connectivity index (χ0v) is 9.12. The first-order valence-electron chi connectivity index (χ1n) is 4.00. The topological polar surface area (TPSA) is 64.4 Å². The fourth-order valence-electron chi connectivity index (χ4n) is 0.872. The van der Waals surface area contributed by atoms with Crippen LogP contribution in [0.2, 0.25) is 0 Å². The Kier molecular flexibility index (Phi) is 4.11. The summed E-state index contributed by atoms with van der Waals surface area (Å²) in [6, 6.07) is 4.27. The van der Waals surface area contributed by atoms with E-state index in [1.54, 1.807) is 0 Å². The molecule has 5 heteroatoms. The van der Waals surface area contributed by atoms with E-state index in [2.05, 4.69) is 24.2 Å². The van der Waals surface area contributed by atoms with Crippen molar-refractivity contribution >= 4 is 28.3 Å². The van der Waals surface area contributed by atoms with E-state index in [4.69, 9.17) is 11.6 Å². The van der Waals surface area contributed by atoms with Crippen molar-refractivity contribution in [2.45, 2.75) is 19.1 Å². The van der Waals surface area contributed by atoms with E-state index in [-0.39, 0.29) is 0 Å². The van der Waals surface area contributed by atoms with Gasteiger partial charge >= 0.3 is 0 Å². The molecule has 72 valence electrons. The van der Waals surface area contributed by atoms with E-state index < -0.39 is 0 Å². The van der Waals surface area contributed by atoms with Gasteiger partial charge in [0.1, 0.15) is 0 Å². The van der Waals surface area contributed by atoms with Gasteiger partial charge < -0.3 is 11.6 Å². The van der Waals surface area contributed by atoms with Crippen LogP contribution in [0.4, 0.5) is 0 Å². The minimum Gasteiger partial charge on any atom is -0.377 e. The lowest BCUT2D eigenvalue weighted by molar-refractivity contribution is 1.19. The minimum atomic E-state index is 0.437. The molecule has 0 saturated carbocycles. The third-order valence-corrected chi connectivity index (χ3v) is 3.82. The quantitative estimate of drug-likeness (QED) is 0.349. The summed E-state index contributed by atoms with van der Waals surface area (Å²) in [5, 5.41) is 3.83. The largest absolute Gasteiger partial charge is 0.377 e. The highest BCUT2D eigenvalue weighted by Crippen LogP contribution is 2.21. The van der Waals surface area contributed by atoms with Crippen molar-refractivity contribution in [2.75, 3.05) is 0 Å². The second-order valence-electron chi connectivity index (χ2n) is 2.48. The van der Waals surface area contributed by atoms with Gasteiger partial charge in [-0.1, -0.05) is 18.7 Å². The Labute approximate surface area is 86.2 Å². The number of thioether (sulfide) groups is 1. The van der Waals surface area contributed by atoms with Crippen molar-refractivity contribution in [3.63, 3.8) is 0 Å². The van der Waals surface area contributed by atoms with Crippen LogP contribution in [0, 0.1) is 0 Å². The summed E-state index contributed by atoms with van der Waals surface area (Å²) < 4.78 is 0. The summed E-state index contributed by atoms with van der Waals surface area (Å²) in [7, 11) is 0. The zero-order valence-electron chi connectivity index (χ0n) is 7.49. The summed E-state index contributed by atoms with van der Waals surface area (Å²) in [6.45, 7) is 2.15. The molecule has 0 amide bonds. The maximum Gasteiger partial charge on any atom is 0.177 e. The second-order valence-corrected chi connectivity index (χ2v) is 4.73. The average molecular weight is 215 g/mol. The molecule has 0 spiro atoms. The molecular weight excluding hydrogens is 202 g/mol. The van der Waals surface area contributed by atoms with Crippen molar-refractivity contribution in [1.29, 1.82) is 0 Å². The Morgan fingerprint density at radius 3 is 2.77 bits per heavy atom. The molecule has 4 N–H and O–H groups in total. The lowest BCUT2D eigenvalue weighted by atomic mass is 10.4. The first-order valence-corrected chi connectivity index (χ1v) is 5.80. The molecule has 1 aromatic heterocycles. The Balaban J connectivity index is 2.45. The van der Waals surface area contributed by atoms with Gasteiger partial charge in [0.15, 0.2) is 5.17 Å². The van der Waals surface area contributed by atoms with E-state index >= 15 is 0 Å². The number of thiophene rings is 1. The van der Waals surface area contributed by atoms with E-state index in [0.29, 0.717) is 5.17 Å². The molecule has 0 unspecified atom stereocenters. The van der Waals surface area contributed by atoms with Crippen LogP contribution in [0.15, 0.2) is 17.2 Å². The number of hydrogen-bond acceptors (Lipinski definition) is 4. The zero-order chi connectivity index (χ0) is 9.68. The molecule has 0 atom stereocenters. The molecule has 0 aliphatic carbocycles. The van der Waals surface area contributed by atoms with Gasteiger partial charge in [-0.3, -0.25) is 0 Å². The molecule has 1 heterocycles. The normalized spacial score (nSPS) is 11.9. The first kappa shape index (κ1) is 10.4. The Morgan fingerprint density at radius 2 is 2.23 bits per heavy atom. The number of nitrogens with two attached hydrogens (primary N) is 2. The summed E-state index contributed by atoms with van der Waals surface area (Å²) in [6.07, 6.45) is 1.09. The van der Waals surface area contributed by atoms with Crippen LogP contribution in [0.1, 0.15) is 16.7 Å². The van der Waals surface area contributed by atoms with Crippen LogP contribution >= 0.6 is 23.1 Å². The lowest BCUT2D eigenvalue weighted by Crippen LogP contribution is -2.08. The molecule has 1 rings (SSSR count). The number of amidine groups is 1.